The van der Waals surface area contributed by atoms with Crippen LogP contribution in [0, 0.1) is 5.92 Å². The van der Waals surface area contributed by atoms with Gasteiger partial charge in [0.2, 0.25) is 0 Å². The van der Waals surface area contributed by atoms with Crippen LogP contribution in [0.15, 0.2) is 0 Å². The largest absolute Gasteiger partial charge is 0.385 e. The van der Waals surface area contributed by atoms with Crippen LogP contribution < -0.4 is 0 Å². The molecule has 0 aromatic carbocycles. The summed E-state index contributed by atoms with van der Waals surface area (Å²) in [7, 11) is 1.70. The van der Waals surface area contributed by atoms with Gasteiger partial charge in [-0.1, -0.05) is 6.42 Å². The molecule has 3 heteroatoms. The van der Waals surface area contributed by atoms with Crippen molar-refractivity contribution in [1.82, 2.24) is 0 Å². The second kappa shape index (κ2) is 7.83. The lowest BCUT2D eigenvalue weighted by molar-refractivity contribution is -0.125. The van der Waals surface area contributed by atoms with Gasteiger partial charge in [0.1, 0.15) is 5.78 Å². The second-order valence-corrected chi connectivity index (χ2v) is 4.16. The molecule has 0 aromatic heterocycles. The van der Waals surface area contributed by atoms with Crippen molar-refractivity contribution in [2.45, 2.75) is 38.5 Å². The van der Waals surface area contributed by atoms with Crippen molar-refractivity contribution >= 4 is 5.78 Å². The third kappa shape index (κ3) is 5.28. The van der Waals surface area contributed by atoms with Crippen LogP contribution in [-0.2, 0) is 14.3 Å². The Bertz CT molecular complexity index is 180. The van der Waals surface area contributed by atoms with Gasteiger partial charge in [0.15, 0.2) is 0 Å². The van der Waals surface area contributed by atoms with Gasteiger partial charge in [0.05, 0.1) is 0 Å². The van der Waals surface area contributed by atoms with Crippen LogP contribution in [0.4, 0.5) is 0 Å². The zero-order valence-corrected chi connectivity index (χ0v) is 9.67. The molecule has 3 nitrogen and oxygen atoms in total. The van der Waals surface area contributed by atoms with Crippen molar-refractivity contribution in [2.24, 2.45) is 5.92 Å². The molecule has 0 bridgehead atoms. The minimum atomic E-state index is 0.279. The van der Waals surface area contributed by atoms with Gasteiger partial charge in [0, 0.05) is 39.3 Å². The van der Waals surface area contributed by atoms with E-state index >= 15 is 0 Å². The van der Waals surface area contributed by atoms with Crippen molar-refractivity contribution in [3.8, 4) is 0 Å². The monoisotopic (exact) mass is 214 g/mol. The summed E-state index contributed by atoms with van der Waals surface area (Å²) in [5, 5.41) is 0. The molecule has 0 radical (unpaired) electrons. The van der Waals surface area contributed by atoms with E-state index in [-0.39, 0.29) is 5.92 Å². The number of carbonyl (C=O) groups is 1. The number of rotatable bonds is 7. The maximum atomic E-state index is 11.5. The van der Waals surface area contributed by atoms with E-state index in [1.807, 2.05) is 0 Å². The molecule has 88 valence electrons. The number of hydrogen-bond donors (Lipinski definition) is 0. The van der Waals surface area contributed by atoms with E-state index < -0.39 is 0 Å². The number of ketones is 1. The summed E-state index contributed by atoms with van der Waals surface area (Å²) < 4.78 is 10.4. The Labute approximate surface area is 92.1 Å². The standard InChI is InChI=1S/C12H22O3/c1-14-8-4-9-15-10-7-11-5-2-3-6-12(11)13/h11H,2-10H2,1H3. The number of carbonyl (C=O) groups excluding carboxylic acids is 1. The summed E-state index contributed by atoms with van der Waals surface area (Å²) >= 11 is 0. The molecule has 0 heterocycles. The van der Waals surface area contributed by atoms with Crippen molar-refractivity contribution in [3.05, 3.63) is 0 Å². The van der Waals surface area contributed by atoms with Crippen LogP contribution in [0.25, 0.3) is 0 Å². The topological polar surface area (TPSA) is 35.5 Å². The predicted octanol–water partition coefficient (Wildman–Crippen LogP) is 2.19. The summed E-state index contributed by atoms with van der Waals surface area (Å²) in [6, 6.07) is 0. The van der Waals surface area contributed by atoms with Gasteiger partial charge in [0.25, 0.3) is 0 Å². The van der Waals surface area contributed by atoms with E-state index in [0.717, 1.165) is 51.9 Å². The Balaban J connectivity index is 1.96. The molecular weight excluding hydrogens is 192 g/mol. The molecule has 0 aliphatic heterocycles. The highest BCUT2D eigenvalue weighted by atomic mass is 16.5. The maximum Gasteiger partial charge on any atom is 0.136 e. The summed E-state index contributed by atoms with van der Waals surface area (Å²) in [4.78, 5) is 11.5. The van der Waals surface area contributed by atoms with E-state index in [2.05, 4.69) is 0 Å². The molecule has 0 saturated heterocycles. The summed E-state index contributed by atoms with van der Waals surface area (Å²) in [6.07, 6.45) is 6.00. The number of ether oxygens (including phenoxy) is 2. The third-order valence-corrected chi connectivity index (χ3v) is 2.93. The molecule has 0 N–H and O–H groups in total. The molecule has 1 unspecified atom stereocenters. The average molecular weight is 214 g/mol. The first-order valence-corrected chi connectivity index (χ1v) is 5.94. The number of hydrogen-bond acceptors (Lipinski definition) is 3. The van der Waals surface area contributed by atoms with Crippen LogP contribution in [-0.4, -0.2) is 32.7 Å². The average Bonchev–Trinajstić information content (AvgIpc) is 2.25. The lowest BCUT2D eigenvalue weighted by atomic mass is 9.86. The zero-order chi connectivity index (χ0) is 10.9. The first-order chi connectivity index (χ1) is 7.34. The molecule has 0 aromatic rings. The number of methoxy groups -OCH3 is 1. The smallest absolute Gasteiger partial charge is 0.136 e. The lowest BCUT2D eigenvalue weighted by Gasteiger charge is -2.20. The van der Waals surface area contributed by atoms with Crippen molar-refractivity contribution in [1.29, 1.82) is 0 Å². The van der Waals surface area contributed by atoms with Gasteiger partial charge in [-0.25, -0.2) is 0 Å². The zero-order valence-electron chi connectivity index (χ0n) is 9.67. The maximum absolute atomic E-state index is 11.5. The van der Waals surface area contributed by atoms with E-state index in [1.54, 1.807) is 7.11 Å². The normalized spacial score (nSPS) is 21.9. The molecule has 1 aliphatic carbocycles. The Kier molecular flexibility index (Phi) is 6.60. The molecule has 1 saturated carbocycles. The Morgan fingerprint density at radius 1 is 1.27 bits per heavy atom. The lowest BCUT2D eigenvalue weighted by Crippen LogP contribution is -2.20. The molecule has 0 spiro atoms. The Hall–Kier alpha value is -0.410. The Morgan fingerprint density at radius 3 is 2.87 bits per heavy atom. The predicted molar refractivity (Wildman–Crippen MR) is 58.9 cm³/mol. The fourth-order valence-electron chi connectivity index (χ4n) is 1.99. The van der Waals surface area contributed by atoms with Gasteiger partial charge >= 0.3 is 0 Å². The Morgan fingerprint density at radius 2 is 2.13 bits per heavy atom. The van der Waals surface area contributed by atoms with E-state index in [9.17, 15) is 4.79 Å². The number of Topliss-reactive ketones (excluding diaryl/α,β-unsaturated/α-hetero) is 1. The first kappa shape index (κ1) is 12.7. The minimum Gasteiger partial charge on any atom is -0.385 e. The van der Waals surface area contributed by atoms with Gasteiger partial charge < -0.3 is 9.47 Å². The van der Waals surface area contributed by atoms with Crippen molar-refractivity contribution in [3.63, 3.8) is 0 Å². The van der Waals surface area contributed by atoms with Gasteiger partial charge in [-0.05, 0) is 25.7 Å². The molecule has 0 amide bonds. The highest BCUT2D eigenvalue weighted by Gasteiger charge is 2.21. The highest BCUT2D eigenvalue weighted by Crippen LogP contribution is 2.23. The summed E-state index contributed by atoms with van der Waals surface area (Å²) in [5.41, 5.74) is 0. The van der Waals surface area contributed by atoms with Gasteiger partial charge in [-0.3, -0.25) is 4.79 Å². The van der Waals surface area contributed by atoms with Crippen LogP contribution in [0.1, 0.15) is 38.5 Å². The van der Waals surface area contributed by atoms with Gasteiger partial charge in [-0.2, -0.15) is 0 Å². The minimum absolute atomic E-state index is 0.279. The second-order valence-electron chi connectivity index (χ2n) is 4.16. The SMILES string of the molecule is COCCCOCCC1CCCCC1=O. The summed E-state index contributed by atoms with van der Waals surface area (Å²) in [5.74, 6) is 0.725. The van der Waals surface area contributed by atoms with Gasteiger partial charge in [-0.15, -0.1) is 0 Å². The molecule has 15 heavy (non-hydrogen) atoms. The molecular formula is C12H22O3. The fourth-order valence-corrected chi connectivity index (χ4v) is 1.99. The molecule has 1 fully saturated rings. The quantitative estimate of drug-likeness (QED) is 0.609. The molecule has 1 rings (SSSR count). The van der Waals surface area contributed by atoms with E-state index in [0.29, 0.717) is 5.78 Å². The fraction of sp³-hybridized carbons (Fsp3) is 0.917. The van der Waals surface area contributed by atoms with Crippen molar-refractivity contribution in [2.75, 3.05) is 26.9 Å². The third-order valence-electron chi connectivity index (χ3n) is 2.93. The molecule has 1 aliphatic rings. The highest BCUT2D eigenvalue weighted by molar-refractivity contribution is 5.81. The van der Waals surface area contributed by atoms with Crippen molar-refractivity contribution < 1.29 is 14.3 Å². The van der Waals surface area contributed by atoms with E-state index in [4.69, 9.17) is 9.47 Å². The summed E-state index contributed by atoms with van der Waals surface area (Å²) in [6.45, 7) is 2.22. The first-order valence-electron chi connectivity index (χ1n) is 5.94. The van der Waals surface area contributed by atoms with Crippen LogP contribution in [0.3, 0.4) is 0 Å². The molecule has 1 atom stereocenters. The van der Waals surface area contributed by atoms with Crippen LogP contribution >= 0.6 is 0 Å². The van der Waals surface area contributed by atoms with E-state index in [1.165, 1.54) is 6.42 Å². The van der Waals surface area contributed by atoms with Crippen LogP contribution in [0.2, 0.25) is 0 Å². The van der Waals surface area contributed by atoms with Crippen LogP contribution in [0.5, 0.6) is 0 Å².